The highest BCUT2D eigenvalue weighted by molar-refractivity contribution is 7.91. The van der Waals surface area contributed by atoms with Crippen LogP contribution in [0.2, 0.25) is 0 Å². The van der Waals surface area contributed by atoms with Crippen molar-refractivity contribution in [3.63, 3.8) is 0 Å². The Morgan fingerprint density at radius 3 is 2.82 bits per heavy atom. The minimum Gasteiger partial charge on any atom is -0.330 e. The highest BCUT2D eigenvalue weighted by Gasteiger charge is 2.30. The molecule has 1 aromatic rings. The number of aryl methyl sites for hydroxylation is 1. The van der Waals surface area contributed by atoms with Crippen molar-refractivity contribution < 1.29 is 8.42 Å². The van der Waals surface area contributed by atoms with E-state index in [1.165, 1.54) is 0 Å². The number of aromatic nitrogens is 2. The molecular formula is C11H19N3O2S. The molecular weight excluding hydrogens is 238 g/mol. The molecule has 2 unspecified atom stereocenters. The molecule has 17 heavy (non-hydrogen) atoms. The maximum atomic E-state index is 11.5. The van der Waals surface area contributed by atoms with Crippen LogP contribution in [-0.2, 0) is 16.3 Å². The lowest BCUT2D eigenvalue weighted by Gasteiger charge is -2.12. The summed E-state index contributed by atoms with van der Waals surface area (Å²) >= 11 is 0. The molecule has 2 atom stereocenters. The van der Waals surface area contributed by atoms with Gasteiger partial charge < -0.3 is 10.3 Å². The van der Waals surface area contributed by atoms with E-state index in [-0.39, 0.29) is 23.6 Å². The molecule has 0 spiro atoms. The van der Waals surface area contributed by atoms with Gasteiger partial charge in [0.2, 0.25) is 0 Å². The summed E-state index contributed by atoms with van der Waals surface area (Å²) in [5.74, 6) is 1.45. The van der Waals surface area contributed by atoms with Crippen molar-refractivity contribution in [2.45, 2.75) is 38.8 Å². The normalized spacial score (nSPS) is 25.0. The number of hydrogen-bond acceptors (Lipinski definition) is 4. The molecule has 0 saturated carbocycles. The predicted octanol–water partition coefficient (Wildman–Crippen LogP) is 0.825. The van der Waals surface area contributed by atoms with Crippen LogP contribution in [0, 0.1) is 0 Å². The molecule has 6 heteroatoms. The molecule has 1 fully saturated rings. The minimum atomic E-state index is -2.86. The standard InChI is InChI=1S/C11H19N3O2S/c1-3-11-13-10(8(2)12)6-14(11)9-4-5-17(15,16)7-9/h6,8-9H,3-5,7,12H2,1-2H3. The second-order valence-electron chi connectivity index (χ2n) is 4.69. The lowest BCUT2D eigenvalue weighted by molar-refractivity contribution is 0.533. The molecule has 0 aliphatic carbocycles. The summed E-state index contributed by atoms with van der Waals surface area (Å²) in [5, 5.41) is 0. The van der Waals surface area contributed by atoms with E-state index in [9.17, 15) is 8.42 Å². The number of hydrogen-bond donors (Lipinski definition) is 1. The Balaban J connectivity index is 2.32. The second-order valence-corrected chi connectivity index (χ2v) is 6.92. The fraction of sp³-hybridized carbons (Fsp3) is 0.727. The van der Waals surface area contributed by atoms with E-state index < -0.39 is 9.84 Å². The third kappa shape index (κ3) is 2.52. The molecule has 0 aromatic carbocycles. The van der Waals surface area contributed by atoms with Gasteiger partial charge in [0, 0.05) is 24.7 Å². The summed E-state index contributed by atoms with van der Waals surface area (Å²) < 4.78 is 25.0. The summed E-state index contributed by atoms with van der Waals surface area (Å²) in [5.41, 5.74) is 6.65. The van der Waals surface area contributed by atoms with Gasteiger partial charge in [-0.2, -0.15) is 0 Å². The van der Waals surface area contributed by atoms with Crippen LogP contribution in [-0.4, -0.2) is 29.5 Å². The number of sulfone groups is 1. The van der Waals surface area contributed by atoms with E-state index in [0.29, 0.717) is 6.42 Å². The lowest BCUT2D eigenvalue weighted by Crippen LogP contribution is -2.12. The van der Waals surface area contributed by atoms with Gasteiger partial charge in [0.25, 0.3) is 0 Å². The number of nitrogens with zero attached hydrogens (tertiary/aromatic N) is 2. The van der Waals surface area contributed by atoms with Crippen molar-refractivity contribution in [3.05, 3.63) is 17.7 Å². The van der Waals surface area contributed by atoms with Gasteiger partial charge in [-0.05, 0) is 13.3 Å². The van der Waals surface area contributed by atoms with Crippen LogP contribution in [0.1, 0.15) is 43.9 Å². The van der Waals surface area contributed by atoms with Gasteiger partial charge in [-0.1, -0.05) is 6.92 Å². The first-order valence-electron chi connectivity index (χ1n) is 5.96. The lowest BCUT2D eigenvalue weighted by atomic mass is 10.2. The van der Waals surface area contributed by atoms with Crippen molar-refractivity contribution >= 4 is 9.84 Å². The maximum Gasteiger partial charge on any atom is 0.152 e. The molecule has 1 aliphatic rings. The Bertz CT molecular complexity index is 505. The van der Waals surface area contributed by atoms with E-state index in [2.05, 4.69) is 4.98 Å². The Morgan fingerprint density at radius 1 is 1.65 bits per heavy atom. The van der Waals surface area contributed by atoms with Crippen molar-refractivity contribution in [1.82, 2.24) is 9.55 Å². The third-order valence-electron chi connectivity index (χ3n) is 3.21. The van der Waals surface area contributed by atoms with E-state index in [4.69, 9.17) is 5.73 Å². The molecule has 1 saturated heterocycles. The predicted molar refractivity (Wildman–Crippen MR) is 66.5 cm³/mol. The van der Waals surface area contributed by atoms with Crippen LogP contribution < -0.4 is 5.73 Å². The molecule has 0 bridgehead atoms. The number of nitrogens with two attached hydrogens (primary N) is 1. The molecule has 96 valence electrons. The van der Waals surface area contributed by atoms with Crippen LogP contribution in [0.15, 0.2) is 6.20 Å². The highest BCUT2D eigenvalue weighted by Crippen LogP contribution is 2.26. The van der Waals surface area contributed by atoms with E-state index in [1.54, 1.807) is 0 Å². The largest absolute Gasteiger partial charge is 0.330 e. The molecule has 0 amide bonds. The quantitative estimate of drug-likeness (QED) is 0.869. The minimum absolute atomic E-state index is 0.0370. The summed E-state index contributed by atoms with van der Waals surface area (Å²) in [6.07, 6.45) is 3.39. The van der Waals surface area contributed by atoms with Gasteiger partial charge in [-0.25, -0.2) is 13.4 Å². The van der Waals surface area contributed by atoms with E-state index >= 15 is 0 Å². The molecule has 2 heterocycles. The monoisotopic (exact) mass is 257 g/mol. The Kier molecular flexibility index (Phi) is 3.27. The zero-order valence-corrected chi connectivity index (χ0v) is 11.1. The van der Waals surface area contributed by atoms with Crippen molar-refractivity contribution in [2.75, 3.05) is 11.5 Å². The van der Waals surface area contributed by atoms with E-state index in [0.717, 1.165) is 17.9 Å². The van der Waals surface area contributed by atoms with Gasteiger partial charge in [-0.3, -0.25) is 0 Å². The molecule has 1 aliphatic heterocycles. The zero-order chi connectivity index (χ0) is 12.6. The fourth-order valence-electron chi connectivity index (χ4n) is 2.24. The molecule has 2 N–H and O–H groups in total. The van der Waals surface area contributed by atoms with Gasteiger partial charge in [0.05, 0.1) is 17.2 Å². The van der Waals surface area contributed by atoms with Crippen LogP contribution >= 0.6 is 0 Å². The van der Waals surface area contributed by atoms with Crippen molar-refractivity contribution in [3.8, 4) is 0 Å². The summed E-state index contributed by atoms with van der Waals surface area (Å²) in [4.78, 5) is 4.46. The Labute approximate surface area is 102 Å². The van der Waals surface area contributed by atoms with Gasteiger partial charge in [-0.15, -0.1) is 0 Å². The maximum absolute atomic E-state index is 11.5. The zero-order valence-electron chi connectivity index (χ0n) is 10.3. The average molecular weight is 257 g/mol. The first kappa shape index (κ1) is 12.6. The third-order valence-corrected chi connectivity index (χ3v) is 4.96. The van der Waals surface area contributed by atoms with E-state index in [1.807, 2.05) is 24.6 Å². The average Bonchev–Trinajstić information content (AvgIpc) is 2.80. The van der Waals surface area contributed by atoms with Crippen LogP contribution in [0.4, 0.5) is 0 Å². The molecule has 0 radical (unpaired) electrons. The number of rotatable bonds is 3. The van der Waals surface area contributed by atoms with Crippen LogP contribution in [0.3, 0.4) is 0 Å². The van der Waals surface area contributed by atoms with Crippen molar-refractivity contribution in [1.29, 1.82) is 0 Å². The SMILES string of the molecule is CCc1nc(C(C)N)cn1C1CCS(=O)(=O)C1. The topological polar surface area (TPSA) is 78.0 Å². The highest BCUT2D eigenvalue weighted by atomic mass is 32.2. The second kappa shape index (κ2) is 4.42. The molecule has 5 nitrogen and oxygen atoms in total. The van der Waals surface area contributed by atoms with Crippen molar-refractivity contribution in [2.24, 2.45) is 5.73 Å². The first-order chi connectivity index (χ1) is 7.93. The molecule has 2 rings (SSSR count). The van der Waals surface area contributed by atoms with Crippen LogP contribution in [0.25, 0.3) is 0 Å². The van der Waals surface area contributed by atoms with Gasteiger partial charge in [0.1, 0.15) is 5.82 Å². The van der Waals surface area contributed by atoms with Gasteiger partial charge in [0.15, 0.2) is 9.84 Å². The first-order valence-corrected chi connectivity index (χ1v) is 7.78. The Morgan fingerprint density at radius 2 is 2.35 bits per heavy atom. The van der Waals surface area contributed by atoms with Crippen LogP contribution in [0.5, 0.6) is 0 Å². The summed E-state index contributed by atoms with van der Waals surface area (Å²) in [7, 11) is -2.86. The fourth-order valence-corrected chi connectivity index (χ4v) is 3.96. The molecule has 1 aromatic heterocycles. The Hall–Kier alpha value is -0.880. The summed E-state index contributed by atoms with van der Waals surface area (Å²) in [6.45, 7) is 3.91. The number of imidazole rings is 1. The van der Waals surface area contributed by atoms with Gasteiger partial charge >= 0.3 is 0 Å². The summed E-state index contributed by atoms with van der Waals surface area (Å²) in [6, 6.07) is -0.0745. The smallest absolute Gasteiger partial charge is 0.152 e.